The summed E-state index contributed by atoms with van der Waals surface area (Å²) >= 11 is 1.85. The van der Waals surface area contributed by atoms with Crippen LogP contribution in [0.1, 0.15) is 19.8 Å². The van der Waals surface area contributed by atoms with Gasteiger partial charge in [0.2, 0.25) is 0 Å². The highest BCUT2D eigenvalue weighted by molar-refractivity contribution is 7.98. The molecule has 0 aromatic heterocycles. The zero-order chi connectivity index (χ0) is 11.0. The molecule has 0 heterocycles. The van der Waals surface area contributed by atoms with Crippen LogP contribution in [-0.2, 0) is 0 Å². The lowest BCUT2D eigenvalue weighted by molar-refractivity contribution is 0.275. The average Bonchev–Trinajstić information content (AvgIpc) is 2.17. The molecule has 1 atom stereocenters. The number of nitrogens with two attached hydrogens (primary N) is 1. The molecule has 4 nitrogen and oxygen atoms in total. The van der Waals surface area contributed by atoms with Gasteiger partial charge in [-0.05, 0) is 33.2 Å². The van der Waals surface area contributed by atoms with Gasteiger partial charge in [-0.15, -0.1) is 0 Å². The maximum absolute atomic E-state index is 8.34. The molecule has 14 heavy (non-hydrogen) atoms. The summed E-state index contributed by atoms with van der Waals surface area (Å²) in [6.45, 7) is 3.19. The Morgan fingerprint density at radius 3 is 2.79 bits per heavy atom. The maximum Gasteiger partial charge on any atom is 0.139 e. The Morgan fingerprint density at radius 1 is 1.64 bits per heavy atom. The lowest BCUT2D eigenvalue weighted by atomic mass is 10.2. The number of nitrogens with zero attached hydrogens (tertiary/aromatic N) is 2. The largest absolute Gasteiger partial charge is 0.409 e. The van der Waals surface area contributed by atoms with Crippen molar-refractivity contribution in [2.45, 2.75) is 25.8 Å². The lowest BCUT2D eigenvalue weighted by Crippen LogP contribution is -2.32. The van der Waals surface area contributed by atoms with Crippen molar-refractivity contribution in [2.75, 3.05) is 25.6 Å². The summed E-state index contributed by atoms with van der Waals surface area (Å²) in [7, 11) is 2.10. The summed E-state index contributed by atoms with van der Waals surface area (Å²) in [5.74, 6) is 1.45. The van der Waals surface area contributed by atoms with E-state index in [4.69, 9.17) is 10.9 Å². The maximum atomic E-state index is 8.34. The molecular formula is C9H21N3OS. The van der Waals surface area contributed by atoms with E-state index in [0.29, 0.717) is 18.3 Å². The molecule has 0 aliphatic heterocycles. The molecule has 0 amide bonds. The average molecular weight is 219 g/mol. The molecule has 0 aromatic carbocycles. The SMILES string of the molecule is CSCC(C)N(C)CCCC(N)=NO. The van der Waals surface area contributed by atoms with Crippen LogP contribution in [0.3, 0.4) is 0 Å². The van der Waals surface area contributed by atoms with E-state index in [1.54, 1.807) is 0 Å². The summed E-state index contributed by atoms with van der Waals surface area (Å²) in [5, 5.41) is 11.3. The number of thioether (sulfide) groups is 1. The standard InChI is InChI=1S/C9H21N3OS/c1-8(7-14-3)12(2)6-4-5-9(10)11-13/h8,13H,4-7H2,1-3H3,(H2,10,11). The molecule has 1 unspecified atom stereocenters. The van der Waals surface area contributed by atoms with Gasteiger partial charge in [0.05, 0.1) is 0 Å². The van der Waals surface area contributed by atoms with E-state index in [1.807, 2.05) is 11.8 Å². The van der Waals surface area contributed by atoms with Gasteiger partial charge < -0.3 is 15.8 Å². The Balaban J connectivity index is 3.57. The third-order valence-corrected chi connectivity index (χ3v) is 3.05. The van der Waals surface area contributed by atoms with Crippen molar-refractivity contribution in [3.05, 3.63) is 0 Å². The summed E-state index contributed by atoms with van der Waals surface area (Å²) in [6, 6.07) is 0.581. The van der Waals surface area contributed by atoms with E-state index < -0.39 is 0 Å². The minimum absolute atomic E-state index is 0.316. The second kappa shape index (κ2) is 7.94. The smallest absolute Gasteiger partial charge is 0.139 e. The molecule has 3 N–H and O–H groups in total. The monoisotopic (exact) mass is 219 g/mol. The molecule has 0 saturated carbocycles. The van der Waals surface area contributed by atoms with Crippen LogP contribution >= 0.6 is 11.8 Å². The Hall–Kier alpha value is -0.420. The Labute approximate surface area is 90.5 Å². The van der Waals surface area contributed by atoms with Crippen LogP contribution in [-0.4, -0.2) is 47.6 Å². The first-order valence-corrected chi connectivity index (χ1v) is 6.16. The molecule has 0 radical (unpaired) electrons. The highest BCUT2D eigenvalue weighted by Crippen LogP contribution is 2.04. The third kappa shape index (κ3) is 6.10. The molecule has 0 aliphatic rings. The van der Waals surface area contributed by atoms with Crippen LogP contribution in [0, 0.1) is 0 Å². The van der Waals surface area contributed by atoms with Gasteiger partial charge >= 0.3 is 0 Å². The molecule has 84 valence electrons. The number of rotatable bonds is 7. The molecule has 0 fully saturated rings. The van der Waals surface area contributed by atoms with E-state index in [9.17, 15) is 0 Å². The Morgan fingerprint density at radius 2 is 2.29 bits per heavy atom. The number of hydrogen-bond acceptors (Lipinski definition) is 4. The fraction of sp³-hybridized carbons (Fsp3) is 0.889. The van der Waals surface area contributed by atoms with Crippen molar-refractivity contribution in [3.63, 3.8) is 0 Å². The summed E-state index contributed by atoms with van der Waals surface area (Å²) in [4.78, 5) is 2.29. The van der Waals surface area contributed by atoms with E-state index in [2.05, 4.69) is 30.3 Å². The molecule has 0 saturated heterocycles. The molecule has 0 spiro atoms. The quantitative estimate of drug-likeness (QED) is 0.292. The van der Waals surface area contributed by atoms with Crippen LogP contribution in [0.4, 0.5) is 0 Å². The third-order valence-electron chi connectivity index (χ3n) is 2.23. The molecule has 0 rings (SSSR count). The highest BCUT2D eigenvalue weighted by atomic mass is 32.2. The van der Waals surface area contributed by atoms with Crippen LogP contribution in [0.5, 0.6) is 0 Å². The number of oxime groups is 1. The Bertz CT molecular complexity index is 175. The van der Waals surface area contributed by atoms with Crippen molar-refractivity contribution in [3.8, 4) is 0 Å². The second-order valence-electron chi connectivity index (χ2n) is 3.48. The molecule has 0 bridgehead atoms. The van der Waals surface area contributed by atoms with Gasteiger partial charge in [-0.3, -0.25) is 0 Å². The summed E-state index contributed by atoms with van der Waals surface area (Å²) in [6.07, 6.45) is 3.71. The predicted octanol–water partition coefficient (Wildman–Crippen LogP) is 1.20. The van der Waals surface area contributed by atoms with Crippen molar-refractivity contribution >= 4 is 17.6 Å². The zero-order valence-electron chi connectivity index (χ0n) is 9.23. The van der Waals surface area contributed by atoms with Gasteiger partial charge in [-0.2, -0.15) is 11.8 Å². The van der Waals surface area contributed by atoms with Crippen LogP contribution in [0.15, 0.2) is 5.16 Å². The van der Waals surface area contributed by atoms with Gasteiger partial charge in [-0.1, -0.05) is 5.16 Å². The molecule has 5 heteroatoms. The summed E-state index contributed by atoms with van der Waals surface area (Å²) < 4.78 is 0. The molecule has 0 aromatic rings. The molecular weight excluding hydrogens is 198 g/mol. The van der Waals surface area contributed by atoms with E-state index >= 15 is 0 Å². The molecule has 0 aliphatic carbocycles. The normalized spacial score (nSPS) is 14.7. The van der Waals surface area contributed by atoms with Gasteiger partial charge in [0, 0.05) is 18.2 Å². The van der Waals surface area contributed by atoms with Crippen LogP contribution in [0.2, 0.25) is 0 Å². The van der Waals surface area contributed by atoms with Crippen molar-refractivity contribution in [1.82, 2.24) is 4.90 Å². The number of hydrogen-bond donors (Lipinski definition) is 2. The lowest BCUT2D eigenvalue weighted by Gasteiger charge is -2.23. The van der Waals surface area contributed by atoms with Crippen LogP contribution < -0.4 is 5.73 Å². The van der Waals surface area contributed by atoms with Gasteiger partial charge in [0.1, 0.15) is 5.84 Å². The van der Waals surface area contributed by atoms with Gasteiger partial charge in [0.15, 0.2) is 0 Å². The fourth-order valence-corrected chi connectivity index (χ4v) is 1.89. The zero-order valence-corrected chi connectivity index (χ0v) is 10.0. The topological polar surface area (TPSA) is 61.8 Å². The predicted molar refractivity (Wildman–Crippen MR) is 63.1 cm³/mol. The highest BCUT2D eigenvalue weighted by Gasteiger charge is 2.07. The van der Waals surface area contributed by atoms with Gasteiger partial charge in [0.25, 0.3) is 0 Å². The van der Waals surface area contributed by atoms with E-state index in [-0.39, 0.29) is 0 Å². The minimum atomic E-state index is 0.316. The number of amidine groups is 1. The van der Waals surface area contributed by atoms with E-state index in [1.165, 1.54) is 0 Å². The fourth-order valence-electron chi connectivity index (χ4n) is 1.15. The Kier molecular flexibility index (Phi) is 7.70. The van der Waals surface area contributed by atoms with Crippen molar-refractivity contribution < 1.29 is 5.21 Å². The van der Waals surface area contributed by atoms with E-state index in [0.717, 1.165) is 18.7 Å². The van der Waals surface area contributed by atoms with Crippen molar-refractivity contribution in [2.24, 2.45) is 10.9 Å². The first-order valence-electron chi connectivity index (χ1n) is 4.77. The first kappa shape index (κ1) is 13.6. The summed E-state index contributed by atoms with van der Waals surface area (Å²) in [5.41, 5.74) is 5.37. The van der Waals surface area contributed by atoms with Crippen molar-refractivity contribution in [1.29, 1.82) is 0 Å². The van der Waals surface area contributed by atoms with Gasteiger partial charge in [-0.25, -0.2) is 0 Å². The minimum Gasteiger partial charge on any atom is -0.409 e. The second-order valence-corrected chi connectivity index (χ2v) is 4.39. The van der Waals surface area contributed by atoms with Crippen LogP contribution in [0.25, 0.3) is 0 Å². The first-order chi connectivity index (χ1) is 6.61.